The van der Waals surface area contributed by atoms with Gasteiger partial charge in [0.2, 0.25) is 5.91 Å². The normalized spacial score (nSPS) is 12.4. The van der Waals surface area contributed by atoms with Gasteiger partial charge < -0.3 is 16.0 Å². The molecule has 1 unspecified atom stereocenters. The molecule has 1 aromatic rings. The second-order valence-electron chi connectivity index (χ2n) is 3.51. The second kappa shape index (κ2) is 5.44. The Hall–Kier alpha value is -1.29. The molecule has 0 aliphatic heterocycles. The fourth-order valence-corrected chi connectivity index (χ4v) is 1.12. The molecule has 1 amide bonds. The lowest BCUT2D eigenvalue weighted by atomic mass is 10.2. The fraction of sp³-hybridized carbons (Fsp3) is 0.500. The van der Waals surface area contributed by atoms with E-state index in [9.17, 15) is 4.79 Å². The number of H-pyrrole nitrogens is 1. The van der Waals surface area contributed by atoms with Crippen molar-refractivity contribution in [1.82, 2.24) is 10.3 Å². The first-order valence-electron chi connectivity index (χ1n) is 4.82. The van der Waals surface area contributed by atoms with Crippen molar-refractivity contribution >= 4 is 5.91 Å². The van der Waals surface area contributed by atoms with Crippen LogP contribution in [0.5, 0.6) is 0 Å². The number of aromatic amines is 1. The maximum Gasteiger partial charge on any atom is 0.220 e. The van der Waals surface area contributed by atoms with E-state index >= 15 is 0 Å². The van der Waals surface area contributed by atoms with Crippen molar-refractivity contribution in [2.75, 3.05) is 0 Å². The van der Waals surface area contributed by atoms with E-state index in [1.807, 2.05) is 25.4 Å². The smallest absolute Gasteiger partial charge is 0.220 e. The van der Waals surface area contributed by atoms with Crippen molar-refractivity contribution in [2.45, 2.75) is 32.4 Å². The predicted molar refractivity (Wildman–Crippen MR) is 55.5 cm³/mol. The molecule has 4 heteroatoms. The van der Waals surface area contributed by atoms with Gasteiger partial charge in [-0.05, 0) is 25.0 Å². The number of carbonyl (C=O) groups is 1. The highest BCUT2D eigenvalue weighted by Gasteiger charge is 2.02. The van der Waals surface area contributed by atoms with Crippen molar-refractivity contribution in [3.8, 4) is 0 Å². The van der Waals surface area contributed by atoms with Crippen LogP contribution in [0.1, 0.15) is 25.3 Å². The lowest BCUT2D eigenvalue weighted by Crippen LogP contribution is -2.25. The quantitative estimate of drug-likeness (QED) is 0.649. The number of aromatic nitrogens is 1. The molecule has 0 saturated carbocycles. The monoisotopic (exact) mass is 195 g/mol. The maximum absolute atomic E-state index is 11.3. The summed E-state index contributed by atoms with van der Waals surface area (Å²) in [6, 6.07) is 2.03. The summed E-state index contributed by atoms with van der Waals surface area (Å²) >= 11 is 0. The molecule has 1 atom stereocenters. The van der Waals surface area contributed by atoms with Crippen LogP contribution in [0.15, 0.2) is 18.5 Å². The Kier molecular flexibility index (Phi) is 4.19. The van der Waals surface area contributed by atoms with E-state index in [-0.39, 0.29) is 11.9 Å². The number of hydrogen-bond acceptors (Lipinski definition) is 2. The number of nitrogens with one attached hydrogen (secondary N) is 2. The van der Waals surface area contributed by atoms with Gasteiger partial charge in [-0.15, -0.1) is 0 Å². The first-order chi connectivity index (χ1) is 6.68. The third-order valence-corrected chi connectivity index (χ3v) is 1.98. The van der Waals surface area contributed by atoms with Gasteiger partial charge in [0.15, 0.2) is 0 Å². The highest BCUT2D eigenvalue weighted by Crippen LogP contribution is 1.97. The summed E-state index contributed by atoms with van der Waals surface area (Å²) in [6.45, 7) is 2.49. The zero-order valence-corrected chi connectivity index (χ0v) is 8.42. The minimum Gasteiger partial charge on any atom is -0.367 e. The lowest BCUT2D eigenvalue weighted by Gasteiger charge is -2.05. The molecule has 1 heterocycles. The molecular weight excluding hydrogens is 178 g/mol. The Balaban J connectivity index is 2.15. The van der Waals surface area contributed by atoms with Crippen LogP contribution in [0.3, 0.4) is 0 Å². The molecule has 0 radical (unpaired) electrons. The molecule has 0 aliphatic rings. The number of hydrogen-bond donors (Lipinski definition) is 3. The van der Waals surface area contributed by atoms with Crippen LogP contribution in [-0.4, -0.2) is 16.9 Å². The second-order valence-corrected chi connectivity index (χ2v) is 3.51. The van der Waals surface area contributed by atoms with Crippen molar-refractivity contribution in [2.24, 2.45) is 5.73 Å². The van der Waals surface area contributed by atoms with Gasteiger partial charge in [0, 0.05) is 31.4 Å². The summed E-state index contributed by atoms with van der Waals surface area (Å²) in [4.78, 5) is 14.2. The van der Waals surface area contributed by atoms with Gasteiger partial charge in [0.1, 0.15) is 0 Å². The van der Waals surface area contributed by atoms with E-state index in [2.05, 4.69) is 10.3 Å². The van der Waals surface area contributed by atoms with Gasteiger partial charge in [-0.2, -0.15) is 0 Å². The minimum atomic E-state index is 0.0588. The fourth-order valence-electron chi connectivity index (χ4n) is 1.12. The third kappa shape index (κ3) is 4.09. The zero-order chi connectivity index (χ0) is 10.4. The molecular formula is C10H17N3O. The number of amides is 1. The first-order valence-corrected chi connectivity index (χ1v) is 4.82. The van der Waals surface area contributed by atoms with E-state index in [1.165, 1.54) is 0 Å². The van der Waals surface area contributed by atoms with Gasteiger partial charge >= 0.3 is 0 Å². The van der Waals surface area contributed by atoms with E-state index in [0.29, 0.717) is 13.0 Å². The largest absolute Gasteiger partial charge is 0.367 e. The zero-order valence-electron chi connectivity index (χ0n) is 8.42. The molecule has 4 nitrogen and oxygen atoms in total. The molecule has 14 heavy (non-hydrogen) atoms. The van der Waals surface area contributed by atoms with E-state index in [0.717, 1.165) is 12.0 Å². The van der Waals surface area contributed by atoms with Crippen LogP contribution in [0.2, 0.25) is 0 Å². The van der Waals surface area contributed by atoms with Gasteiger partial charge in [-0.25, -0.2) is 0 Å². The average molecular weight is 195 g/mol. The third-order valence-electron chi connectivity index (χ3n) is 1.98. The molecule has 4 N–H and O–H groups in total. The highest BCUT2D eigenvalue weighted by molar-refractivity contribution is 5.75. The Labute approximate surface area is 83.9 Å². The van der Waals surface area contributed by atoms with Crippen molar-refractivity contribution in [3.63, 3.8) is 0 Å². The van der Waals surface area contributed by atoms with Crippen LogP contribution in [0.25, 0.3) is 0 Å². The Bertz CT molecular complexity index is 267. The Morgan fingerprint density at radius 3 is 3.07 bits per heavy atom. The minimum absolute atomic E-state index is 0.0588. The van der Waals surface area contributed by atoms with Crippen LogP contribution >= 0.6 is 0 Å². The van der Waals surface area contributed by atoms with Crippen molar-refractivity contribution < 1.29 is 4.79 Å². The number of nitrogens with two attached hydrogens (primary N) is 1. The standard InChI is InChI=1S/C10H17N3O/c1-8(11)2-3-10(14)13-7-9-4-5-12-6-9/h4-6,8,12H,2-3,7,11H2,1H3,(H,13,14). The Morgan fingerprint density at radius 2 is 2.50 bits per heavy atom. The maximum atomic E-state index is 11.3. The summed E-state index contributed by atoms with van der Waals surface area (Å²) in [5, 5.41) is 2.83. The van der Waals surface area contributed by atoms with Crippen LogP contribution in [0.4, 0.5) is 0 Å². The van der Waals surface area contributed by atoms with Gasteiger partial charge in [-0.1, -0.05) is 0 Å². The van der Waals surface area contributed by atoms with E-state index in [1.54, 1.807) is 0 Å². The SMILES string of the molecule is CC(N)CCC(=O)NCc1cc[nH]c1. The van der Waals surface area contributed by atoms with Gasteiger partial charge in [0.05, 0.1) is 0 Å². The summed E-state index contributed by atoms with van der Waals surface area (Å²) in [7, 11) is 0. The van der Waals surface area contributed by atoms with Crippen LogP contribution in [-0.2, 0) is 11.3 Å². The molecule has 0 aromatic carbocycles. The van der Waals surface area contributed by atoms with E-state index < -0.39 is 0 Å². The average Bonchev–Trinajstić information content (AvgIpc) is 2.63. The van der Waals surface area contributed by atoms with E-state index in [4.69, 9.17) is 5.73 Å². The number of carbonyl (C=O) groups excluding carboxylic acids is 1. The molecule has 0 fully saturated rings. The van der Waals surface area contributed by atoms with Gasteiger partial charge in [-0.3, -0.25) is 4.79 Å². The summed E-state index contributed by atoms with van der Waals surface area (Å²) in [5.41, 5.74) is 6.63. The number of rotatable bonds is 5. The molecule has 1 aromatic heterocycles. The van der Waals surface area contributed by atoms with Crippen LogP contribution < -0.4 is 11.1 Å². The summed E-state index contributed by atoms with van der Waals surface area (Å²) in [6.07, 6.45) is 4.94. The van der Waals surface area contributed by atoms with Gasteiger partial charge in [0.25, 0.3) is 0 Å². The van der Waals surface area contributed by atoms with Crippen LogP contribution in [0, 0.1) is 0 Å². The first kappa shape index (κ1) is 10.8. The molecule has 0 bridgehead atoms. The Morgan fingerprint density at radius 1 is 1.71 bits per heavy atom. The summed E-state index contributed by atoms with van der Waals surface area (Å²) < 4.78 is 0. The van der Waals surface area contributed by atoms with Crippen molar-refractivity contribution in [1.29, 1.82) is 0 Å². The molecule has 0 saturated heterocycles. The molecule has 78 valence electrons. The predicted octanol–water partition coefficient (Wildman–Crippen LogP) is 0.758. The topological polar surface area (TPSA) is 70.9 Å². The van der Waals surface area contributed by atoms with Crippen molar-refractivity contribution in [3.05, 3.63) is 24.0 Å². The highest BCUT2D eigenvalue weighted by atomic mass is 16.1. The lowest BCUT2D eigenvalue weighted by molar-refractivity contribution is -0.121. The molecule has 0 spiro atoms. The molecule has 0 aliphatic carbocycles. The summed E-state index contributed by atoms with van der Waals surface area (Å²) in [5.74, 6) is 0.0588. The molecule has 1 rings (SSSR count).